The summed E-state index contributed by atoms with van der Waals surface area (Å²) in [4.78, 5) is 11.1. The summed E-state index contributed by atoms with van der Waals surface area (Å²) in [7, 11) is -3.67. The molecule has 1 aliphatic carbocycles. The van der Waals surface area contributed by atoms with Gasteiger partial charge in [0.1, 0.15) is 0 Å². The standard InChI is InChI=1S/C14H18INO4S/c1-9-3-2-4-10(7-9)16-21(19,20)11-5-6-13(15)12(8-11)14(17)18/h5-6,8-10,16H,2-4,7H2,1H3,(H,17,18). The van der Waals surface area contributed by atoms with Gasteiger partial charge in [-0.15, -0.1) is 0 Å². The first-order valence-corrected chi connectivity index (χ1v) is 9.41. The van der Waals surface area contributed by atoms with Crippen LogP contribution in [0.5, 0.6) is 0 Å². The topological polar surface area (TPSA) is 83.5 Å². The molecule has 2 unspecified atom stereocenters. The van der Waals surface area contributed by atoms with Gasteiger partial charge in [0.25, 0.3) is 0 Å². The smallest absolute Gasteiger partial charge is 0.336 e. The van der Waals surface area contributed by atoms with Crippen molar-refractivity contribution in [3.63, 3.8) is 0 Å². The third kappa shape index (κ3) is 4.17. The second-order valence-corrected chi connectivity index (χ2v) is 8.41. The lowest BCUT2D eigenvalue weighted by molar-refractivity contribution is 0.0695. The van der Waals surface area contributed by atoms with Crippen molar-refractivity contribution in [3.8, 4) is 0 Å². The van der Waals surface area contributed by atoms with Crippen LogP contribution < -0.4 is 4.72 Å². The molecule has 1 saturated carbocycles. The fourth-order valence-electron chi connectivity index (χ4n) is 2.66. The van der Waals surface area contributed by atoms with Crippen LogP contribution in [0, 0.1) is 9.49 Å². The minimum absolute atomic E-state index is 0.00971. The van der Waals surface area contributed by atoms with E-state index < -0.39 is 16.0 Å². The average molecular weight is 423 g/mol. The summed E-state index contributed by atoms with van der Waals surface area (Å²) in [5.74, 6) is -0.611. The van der Waals surface area contributed by atoms with E-state index in [2.05, 4.69) is 11.6 Å². The van der Waals surface area contributed by atoms with Crippen molar-refractivity contribution >= 4 is 38.6 Å². The molecule has 1 fully saturated rings. The van der Waals surface area contributed by atoms with Crippen LogP contribution in [0.1, 0.15) is 43.0 Å². The molecule has 0 amide bonds. The Kier molecular flexibility index (Phi) is 5.26. The molecule has 0 radical (unpaired) electrons. The second kappa shape index (κ2) is 6.62. The predicted molar refractivity (Wildman–Crippen MR) is 87.9 cm³/mol. The van der Waals surface area contributed by atoms with E-state index in [9.17, 15) is 13.2 Å². The van der Waals surface area contributed by atoms with Crippen LogP contribution in [0.15, 0.2) is 23.1 Å². The number of carboxylic acids is 1. The van der Waals surface area contributed by atoms with Crippen molar-refractivity contribution < 1.29 is 18.3 Å². The Labute approximate surface area is 138 Å². The van der Waals surface area contributed by atoms with E-state index in [1.807, 2.05) is 22.6 Å². The lowest BCUT2D eigenvalue weighted by Gasteiger charge is -2.27. The van der Waals surface area contributed by atoms with Crippen molar-refractivity contribution in [1.29, 1.82) is 0 Å². The average Bonchev–Trinajstić information content (AvgIpc) is 2.38. The van der Waals surface area contributed by atoms with Gasteiger partial charge < -0.3 is 5.11 Å². The molecule has 2 atom stereocenters. The second-order valence-electron chi connectivity index (χ2n) is 5.54. The molecule has 0 aromatic heterocycles. The maximum absolute atomic E-state index is 12.4. The Morgan fingerprint density at radius 2 is 2.10 bits per heavy atom. The Morgan fingerprint density at radius 3 is 2.71 bits per heavy atom. The molecule has 21 heavy (non-hydrogen) atoms. The number of halogens is 1. The number of benzene rings is 1. The zero-order valence-corrected chi connectivity index (χ0v) is 14.6. The summed E-state index contributed by atoms with van der Waals surface area (Å²) < 4.78 is 28.0. The number of carboxylic acid groups (broad SMARTS) is 1. The number of sulfonamides is 1. The number of hydrogen-bond donors (Lipinski definition) is 2. The van der Waals surface area contributed by atoms with E-state index >= 15 is 0 Å². The van der Waals surface area contributed by atoms with Crippen LogP contribution in [0.25, 0.3) is 0 Å². The van der Waals surface area contributed by atoms with Crippen LogP contribution >= 0.6 is 22.6 Å². The lowest BCUT2D eigenvalue weighted by atomic mass is 9.88. The van der Waals surface area contributed by atoms with Crippen molar-refractivity contribution in [2.24, 2.45) is 5.92 Å². The van der Waals surface area contributed by atoms with Gasteiger partial charge in [0.15, 0.2) is 0 Å². The van der Waals surface area contributed by atoms with Gasteiger partial charge >= 0.3 is 5.97 Å². The van der Waals surface area contributed by atoms with E-state index in [1.54, 1.807) is 0 Å². The summed E-state index contributed by atoms with van der Waals surface area (Å²) in [6.07, 6.45) is 3.81. The van der Waals surface area contributed by atoms with Gasteiger partial charge in [-0.2, -0.15) is 0 Å². The minimum Gasteiger partial charge on any atom is -0.478 e. The number of rotatable bonds is 4. The molecule has 7 heteroatoms. The number of aromatic carboxylic acids is 1. The molecule has 1 aromatic carbocycles. The summed E-state index contributed by atoms with van der Waals surface area (Å²) in [6.45, 7) is 2.12. The molecule has 2 rings (SSSR count). The molecule has 5 nitrogen and oxygen atoms in total. The van der Waals surface area contributed by atoms with Crippen LogP contribution in [0.2, 0.25) is 0 Å². The molecule has 0 saturated heterocycles. The Bertz CT molecular complexity index is 644. The monoisotopic (exact) mass is 423 g/mol. The highest BCUT2D eigenvalue weighted by Crippen LogP contribution is 2.25. The van der Waals surface area contributed by atoms with Gasteiger partial charge in [-0.3, -0.25) is 0 Å². The van der Waals surface area contributed by atoms with Crippen molar-refractivity contribution in [2.75, 3.05) is 0 Å². The lowest BCUT2D eigenvalue weighted by Crippen LogP contribution is -2.38. The molecule has 116 valence electrons. The zero-order chi connectivity index (χ0) is 15.6. The summed E-state index contributed by atoms with van der Waals surface area (Å²) >= 11 is 1.88. The highest BCUT2D eigenvalue weighted by molar-refractivity contribution is 14.1. The Balaban J connectivity index is 2.23. The molecular weight excluding hydrogens is 405 g/mol. The third-order valence-corrected chi connectivity index (χ3v) is 6.20. The number of carbonyl (C=O) groups is 1. The maximum atomic E-state index is 12.4. The highest BCUT2D eigenvalue weighted by Gasteiger charge is 2.25. The van der Waals surface area contributed by atoms with E-state index in [0.717, 1.165) is 25.7 Å². The SMILES string of the molecule is CC1CCCC(NS(=O)(=O)c2ccc(I)c(C(=O)O)c2)C1. The van der Waals surface area contributed by atoms with Crippen LogP contribution in [-0.4, -0.2) is 25.5 Å². The first-order valence-electron chi connectivity index (χ1n) is 6.85. The maximum Gasteiger partial charge on any atom is 0.336 e. The fourth-order valence-corrected chi connectivity index (χ4v) is 4.54. The molecule has 1 aromatic rings. The fraction of sp³-hybridized carbons (Fsp3) is 0.500. The molecule has 1 aliphatic rings. The van der Waals surface area contributed by atoms with Gasteiger partial charge in [0.2, 0.25) is 10.0 Å². The molecular formula is C14H18INO4S. The van der Waals surface area contributed by atoms with E-state index in [1.165, 1.54) is 18.2 Å². The first kappa shape index (κ1) is 16.7. The molecule has 0 aliphatic heterocycles. The predicted octanol–water partition coefficient (Wildman–Crippen LogP) is 2.85. The largest absolute Gasteiger partial charge is 0.478 e. The van der Waals surface area contributed by atoms with Crippen LogP contribution in [0.3, 0.4) is 0 Å². The number of hydrogen-bond acceptors (Lipinski definition) is 3. The summed E-state index contributed by atoms with van der Waals surface area (Å²) in [5.41, 5.74) is 0.00971. The Morgan fingerprint density at radius 1 is 1.38 bits per heavy atom. The Hall–Kier alpha value is -0.670. The van der Waals surface area contributed by atoms with Crippen molar-refractivity contribution in [2.45, 2.75) is 43.5 Å². The van der Waals surface area contributed by atoms with Crippen molar-refractivity contribution in [1.82, 2.24) is 4.72 Å². The van der Waals surface area contributed by atoms with Gasteiger partial charge in [0.05, 0.1) is 10.5 Å². The molecule has 0 bridgehead atoms. The normalized spacial score (nSPS) is 23.0. The number of nitrogens with one attached hydrogen (secondary N) is 1. The van der Waals surface area contributed by atoms with E-state index in [4.69, 9.17) is 5.11 Å². The molecule has 2 N–H and O–H groups in total. The van der Waals surface area contributed by atoms with E-state index in [0.29, 0.717) is 9.49 Å². The van der Waals surface area contributed by atoms with E-state index in [-0.39, 0.29) is 16.5 Å². The van der Waals surface area contributed by atoms with Crippen LogP contribution in [0.4, 0.5) is 0 Å². The third-order valence-electron chi connectivity index (χ3n) is 3.74. The minimum atomic E-state index is -3.67. The summed E-state index contributed by atoms with van der Waals surface area (Å²) in [6, 6.07) is 4.12. The first-order chi connectivity index (χ1) is 9.79. The molecule has 0 heterocycles. The highest BCUT2D eigenvalue weighted by atomic mass is 127. The molecule has 0 spiro atoms. The quantitative estimate of drug-likeness (QED) is 0.730. The van der Waals surface area contributed by atoms with Crippen LogP contribution in [-0.2, 0) is 10.0 Å². The zero-order valence-electron chi connectivity index (χ0n) is 11.7. The van der Waals surface area contributed by atoms with Gasteiger partial charge in [-0.1, -0.05) is 19.8 Å². The summed E-state index contributed by atoms with van der Waals surface area (Å²) in [5, 5.41) is 9.09. The van der Waals surface area contributed by atoms with Gasteiger partial charge in [-0.05, 0) is 59.5 Å². The van der Waals surface area contributed by atoms with Crippen molar-refractivity contribution in [3.05, 3.63) is 27.3 Å². The van der Waals surface area contributed by atoms with Gasteiger partial charge in [0, 0.05) is 9.61 Å². The van der Waals surface area contributed by atoms with Gasteiger partial charge in [-0.25, -0.2) is 17.9 Å².